The van der Waals surface area contributed by atoms with Crippen molar-refractivity contribution in [2.24, 2.45) is 5.73 Å². The maximum absolute atomic E-state index is 10.7. The van der Waals surface area contributed by atoms with E-state index < -0.39 is 0 Å². The Morgan fingerprint density at radius 2 is 0.960 bits per heavy atom. The summed E-state index contributed by atoms with van der Waals surface area (Å²) in [6.45, 7) is 11.6. The topological polar surface area (TPSA) is 103 Å². The second kappa shape index (κ2) is 21.3. The average molecular weight is 359 g/mol. The van der Waals surface area contributed by atoms with Gasteiger partial charge in [-0.3, -0.25) is 4.79 Å². The molecule has 0 heterocycles. The molecule has 0 atom stereocenters. The summed E-state index contributed by atoms with van der Waals surface area (Å²) in [4.78, 5) is 10.7. The van der Waals surface area contributed by atoms with Gasteiger partial charge in [-0.05, 0) is 97.4 Å². The van der Waals surface area contributed by atoms with Crippen LogP contribution in [-0.2, 0) is 4.79 Å². The number of carbonyl (C=O) groups is 1. The molecule has 0 aromatic heterocycles. The highest BCUT2D eigenvalue weighted by Gasteiger charge is 1.93. The highest BCUT2D eigenvalue weighted by atomic mass is 16.1. The molecule has 0 radical (unpaired) electrons. The van der Waals surface area contributed by atoms with Crippen LogP contribution in [0.5, 0.6) is 0 Å². The average Bonchev–Trinajstić information content (AvgIpc) is 2.60. The number of hydrogen-bond acceptors (Lipinski definition) is 6. The second-order valence-corrected chi connectivity index (χ2v) is 6.39. The van der Waals surface area contributed by atoms with Crippen LogP contribution in [0.15, 0.2) is 0 Å². The van der Waals surface area contributed by atoms with Gasteiger partial charge in [0.2, 0.25) is 5.91 Å². The van der Waals surface area contributed by atoms with Crippen LogP contribution in [0, 0.1) is 0 Å². The number of nitrogens with two attached hydrogens (primary N) is 1. The number of nitrogens with one attached hydrogen (secondary N) is 5. The lowest BCUT2D eigenvalue weighted by Crippen LogP contribution is -2.27. The van der Waals surface area contributed by atoms with Crippen LogP contribution in [-0.4, -0.2) is 71.4 Å². The molecule has 0 aromatic carbocycles. The molecule has 0 aliphatic heterocycles. The zero-order valence-electron chi connectivity index (χ0n) is 16.3. The molecule has 0 aromatic rings. The SMILES string of the molecule is CC(=O)NCCCNCCCNCCCCNCCCNCCCN. The summed E-state index contributed by atoms with van der Waals surface area (Å²) in [5.41, 5.74) is 5.44. The van der Waals surface area contributed by atoms with E-state index >= 15 is 0 Å². The molecule has 0 aliphatic carbocycles. The molecule has 0 aliphatic rings. The van der Waals surface area contributed by atoms with E-state index in [1.807, 2.05) is 0 Å². The minimum absolute atomic E-state index is 0.0507. The van der Waals surface area contributed by atoms with Crippen LogP contribution >= 0.6 is 0 Å². The van der Waals surface area contributed by atoms with Crippen molar-refractivity contribution in [1.82, 2.24) is 26.6 Å². The first-order chi connectivity index (χ1) is 12.3. The molecule has 7 heteroatoms. The molecule has 0 saturated carbocycles. The lowest BCUT2D eigenvalue weighted by molar-refractivity contribution is -0.118. The van der Waals surface area contributed by atoms with Gasteiger partial charge in [0.1, 0.15) is 0 Å². The summed E-state index contributed by atoms with van der Waals surface area (Å²) >= 11 is 0. The van der Waals surface area contributed by atoms with E-state index in [9.17, 15) is 4.79 Å². The molecule has 1 amide bonds. The quantitative estimate of drug-likeness (QED) is 0.168. The molecule has 0 spiro atoms. The standard InChI is InChI=1S/C18H42N6O/c1-18(25)24-17-7-16-23-15-6-13-21-10-3-2-9-20-12-5-14-22-11-4-8-19/h20-23H,2-17,19H2,1H3,(H,24,25). The van der Waals surface area contributed by atoms with Crippen molar-refractivity contribution in [1.29, 1.82) is 0 Å². The molecule has 0 fully saturated rings. The van der Waals surface area contributed by atoms with Crippen molar-refractivity contribution in [2.45, 2.75) is 45.4 Å². The predicted octanol–water partition coefficient (Wildman–Crippen LogP) is -0.220. The molecule has 7 N–H and O–H groups in total. The maximum Gasteiger partial charge on any atom is 0.216 e. The van der Waals surface area contributed by atoms with Crippen molar-refractivity contribution in [3.05, 3.63) is 0 Å². The molecule has 7 nitrogen and oxygen atoms in total. The van der Waals surface area contributed by atoms with Crippen molar-refractivity contribution in [3.8, 4) is 0 Å². The zero-order valence-corrected chi connectivity index (χ0v) is 16.3. The normalized spacial score (nSPS) is 11.0. The minimum atomic E-state index is 0.0507. The second-order valence-electron chi connectivity index (χ2n) is 6.39. The van der Waals surface area contributed by atoms with Gasteiger partial charge in [0.15, 0.2) is 0 Å². The summed E-state index contributed by atoms with van der Waals surface area (Å²) in [6.07, 6.45) is 6.84. The molecular formula is C18H42N6O. The first kappa shape index (κ1) is 24.3. The lowest BCUT2D eigenvalue weighted by atomic mass is 10.3. The Morgan fingerprint density at radius 1 is 0.600 bits per heavy atom. The number of unbranched alkanes of at least 4 members (excludes halogenated alkanes) is 1. The predicted molar refractivity (Wildman–Crippen MR) is 107 cm³/mol. The first-order valence-corrected chi connectivity index (χ1v) is 10.0. The highest BCUT2D eigenvalue weighted by Crippen LogP contribution is 1.86. The van der Waals surface area contributed by atoms with Gasteiger partial charge in [0.25, 0.3) is 0 Å². The molecule has 0 rings (SSSR count). The number of rotatable bonds is 20. The van der Waals surface area contributed by atoms with Gasteiger partial charge in [-0.2, -0.15) is 0 Å². The number of hydrogen-bond donors (Lipinski definition) is 6. The van der Waals surface area contributed by atoms with E-state index in [1.165, 1.54) is 19.3 Å². The first-order valence-electron chi connectivity index (χ1n) is 10.0. The monoisotopic (exact) mass is 358 g/mol. The maximum atomic E-state index is 10.7. The number of amides is 1. The van der Waals surface area contributed by atoms with Crippen LogP contribution < -0.4 is 32.3 Å². The molecule has 0 bridgehead atoms. The van der Waals surface area contributed by atoms with Crippen LogP contribution in [0.2, 0.25) is 0 Å². The largest absolute Gasteiger partial charge is 0.356 e. The summed E-state index contributed by atoms with van der Waals surface area (Å²) in [6, 6.07) is 0. The van der Waals surface area contributed by atoms with E-state index in [-0.39, 0.29) is 5.91 Å². The summed E-state index contributed by atoms with van der Waals surface area (Å²) in [5.74, 6) is 0.0507. The van der Waals surface area contributed by atoms with Crippen LogP contribution in [0.25, 0.3) is 0 Å². The zero-order chi connectivity index (χ0) is 18.4. The molecule has 25 heavy (non-hydrogen) atoms. The smallest absolute Gasteiger partial charge is 0.216 e. The van der Waals surface area contributed by atoms with Gasteiger partial charge >= 0.3 is 0 Å². The van der Waals surface area contributed by atoms with Gasteiger partial charge in [0.05, 0.1) is 0 Å². The Kier molecular flexibility index (Phi) is 20.7. The van der Waals surface area contributed by atoms with Crippen molar-refractivity contribution in [3.63, 3.8) is 0 Å². The van der Waals surface area contributed by atoms with Gasteiger partial charge in [-0.25, -0.2) is 0 Å². The third-order valence-corrected chi connectivity index (χ3v) is 3.83. The summed E-state index contributed by atoms with van der Waals surface area (Å²) < 4.78 is 0. The minimum Gasteiger partial charge on any atom is -0.356 e. The molecule has 150 valence electrons. The van der Waals surface area contributed by atoms with Crippen molar-refractivity contribution < 1.29 is 4.79 Å². The van der Waals surface area contributed by atoms with E-state index in [1.54, 1.807) is 6.92 Å². The Morgan fingerprint density at radius 3 is 1.36 bits per heavy atom. The van der Waals surface area contributed by atoms with Crippen molar-refractivity contribution in [2.75, 3.05) is 65.4 Å². The Labute approximate surface area is 154 Å². The third-order valence-electron chi connectivity index (χ3n) is 3.83. The van der Waals surface area contributed by atoms with E-state index in [4.69, 9.17) is 5.73 Å². The molecule has 0 unspecified atom stereocenters. The van der Waals surface area contributed by atoms with Gasteiger partial charge in [0, 0.05) is 13.5 Å². The van der Waals surface area contributed by atoms with Crippen LogP contribution in [0.4, 0.5) is 0 Å². The van der Waals surface area contributed by atoms with Gasteiger partial charge in [-0.1, -0.05) is 0 Å². The van der Waals surface area contributed by atoms with Gasteiger partial charge in [-0.15, -0.1) is 0 Å². The van der Waals surface area contributed by atoms with Crippen LogP contribution in [0.1, 0.15) is 45.4 Å². The number of carbonyl (C=O) groups excluding carboxylic acids is 1. The Bertz CT molecular complexity index is 278. The van der Waals surface area contributed by atoms with Crippen LogP contribution in [0.3, 0.4) is 0 Å². The van der Waals surface area contributed by atoms with E-state index in [0.29, 0.717) is 0 Å². The lowest BCUT2D eigenvalue weighted by Gasteiger charge is -2.08. The Balaban J connectivity index is 2.97. The molecule has 0 saturated heterocycles. The van der Waals surface area contributed by atoms with E-state index in [2.05, 4.69) is 26.6 Å². The highest BCUT2D eigenvalue weighted by molar-refractivity contribution is 5.72. The summed E-state index contributed by atoms with van der Waals surface area (Å²) in [7, 11) is 0. The fourth-order valence-corrected chi connectivity index (χ4v) is 2.38. The Hall–Kier alpha value is -0.730. The third kappa shape index (κ3) is 23.3. The van der Waals surface area contributed by atoms with Crippen molar-refractivity contribution >= 4 is 5.91 Å². The fraction of sp³-hybridized carbons (Fsp3) is 0.944. The van der Waals surface area contributed by atoms with E-state index in [0.717, 1.165) is 84.7 Å². The fourth-order valence-electron chi connectivity index (χ4n) is 2.38. The molecular weight excluding hydrogens is 316 g/mol. The van der Waals surface area contributed by atoms with Gasteiger partial charge < -0.3 is 32.3 Å². The summed E-state index contributed by atoms with van der Waals surface area (Å²) in [5, 5.41) is 16.6.